The van der Waals surface area contributed by atoms with Crippen molar-refractivity contribution >= 4 is 5.91 Å². The van der Waals surface area contributed by atoms with Crippen molar-refractivity contribution in [2.75, 3.05) is 13.1 Å². The van der Waals surface area contributed by atoms with Crippen LogP contribution in [0.4, 0.5) is 4.39 Å². The lowest BCUT2D eigenvalue weighted by atomic mass is 9.78. The maximum Gasteiger partial charge on any atom is 0.274 e. The van der Waals surface area contributed by atoms with Gasteiger partial charge in [0.05, 0.1) is 6.10 Å². The van der Waals surface area contributed by atoms with Gasteiger partial charge in [-0.3, -0.25) is 9.59 Å². The minimum atomic E-state index is -0.641. The molecule has 1 aliphatic heterocycles. The van der Waals surface area contributed by atoms with Gasteiger partial charge in [0, 0.05) is 19.2 Å². The number of likely N-dealkylation sites (tertiary alicyclic amines) is 1. The Kier molecular flexibility index (Phi) is 4.65. The van der Waals surface area contributed by atoms with E-state index >= 15 is 0 Å². The Morgan fingerprint density at radius 1 is 1.15 bits per heavy atom. The van der Waals surface area contributed by atoms with Crippen molar-refractivity contribution in [1.82, 2.24) is 15.1 Å². The standard InChI is InChI=1S/C19H20FN3O4/c20-13-1-3-14(4-2-13)27-17-8-12-10-23(9-11(12)7-16(17)24)19(26)15-5-6-18(25)22-21-15/h1-6,11-12,16-17,24H,7-10H2,(H,22,25)/t11-,12+,16+,17+/m0/s1. The van der Waals surface area contributed by atoms with Crippen LogP contribution in [-0.4, -0.2) is 51.4 Å². The Labute approximate surface area is 154 Å². The number of nitrogens with zero attached hydrogens (tertiary/aromatic N) is 2. The number of carbonyl (C=O) groups is 1. The summed E-state index contributed by atoms with van der Waals surface area (Å²) in [5, 5.41) is 16.5. The van der Waals surface area contributed by atoms with Gasteiger partial charge in [0.15, 0.2) is 0 Å². The minimum absolute atomic E-state index is 0.194. The van der Waals surface area contributed by atoms with Gasteiger partial charge in [-0.15, -0.1) is 0 Å². The van der Waals surface area contributed by atoms with E-state index in [1.165, 1.54) is 24.3 Å². The van der Waals surface area contributed by atoms with Gasteiger partial charge in [0.2, 0.25) is 0 Å². The average Bonchev–Trinajstić information content (AvgIpc) is 3.06. The van der Waals surface area contributed by atoms with Crippen LogP contribution < -0.4 is 10.3 Å². The number of aromatic amines is 1. The molecule has 1 saturated heterocycles. The Morgan fingerprint density at radius 2 is 1.85 bits per heavy atom. The van der Waals surface area contributed by atoms with Crippen LogP contribution in [0.25, 0.3) is 0 Å². The summed E-state index contributed by atoms with van der Waals surface area (Å²) in [7, 11) is 0. The Balaban J connectivity index is 1.42. The van der Waals surface area contributed by atoms with E-state index in [-0.39, 0.29) is 34.8 Å². The molecule has 1 aromatic heterocycles. The number of benzene rings is 1. The first-order chi connectivity index (χ1) is 13.0. The number of aromatic nitrogens is 2. The van der Waals surface area contributed by atoms with Crippen LogP contribution in [0, 0.1) is 17.7 Å². The molecule has 0 radical (unpaired) electrons. The highest BCUT2D eigenvalue weighted by Gasteiger charge is 2.44. The largest absolute Gasteiger partial charge is 0.488 e. The van der Waals surface area contributed by atoms with Crippen LogP contribution in [0.3, 0.4) is 0 Å². The van der Waals surface area contributed by atoms with E-state index in [2.05, 4.69) is 10.2 Å². The summed E-state index contributed by atoms with van der Waals surface area (Å²) in [6.45, 7) is 1.10. The van der Waals surface area contributed by atoms with Crippen LogP contribution in [-0.2, 0) is 0 Å². The number of aliphatic hydroxyl groups excluding tert-OH is 1. The Bertz CT molecular complexity index is 865. The quantitative estimate of drug-likeness (QED) is 0.843. The van der Waals surface area contributed by atoms with Crippen LogP contribution in [0.5, 0.6) is 5.75 Å². The number of aliphatic hydroxyl groups is 1. The third-order valence-electron chi connectivity index (χ3n) is 5.37. The number of ether oxygens (including phenoxy) is 1. The number of rotatable bonds is 3. The van der Waals surface area contributed by atoms with Crippen molar-refractivity contribution in [3.05, 3.63) is 58.3 Å². The summed E-state index contributed by atoms with van der Waals surface area (Å²) < 4.78 is 18.9. The summed E-state index contributed by atoms with van der Waals surface area (Å²) in [4.78, 5) is 25.4. The predicted octanol–water partition coefficient (Wildman–Crippen LogP) is 1.20. The zero-order chi connectivity index (χ0) is 19.0. The molecule has 142 valence electrons. The number of H-pyrrole nitrogens is 1. The van der Waals surface area contributed by atoms with Gasteiger partial charge in [-0.1, -0.05) is 0 Å². The first-order valence-corrected chi connectivity index (χ1v) is 8.95. The molecular weight excluding hydrogens is 353 g/mol. The molecule has 27 heavy (non-hydrogen) atoms. The van der Waals surface area contributed by atoms with Crippen molar-refractivity contribution < 1.29 is 19.0 Å². The fraction of sp³-hybridized carbons (Fsp3) is 0.421. The number of nitrogens with one attached hydrogen (secondary N) is 1. The van der Waals surface area contributed by atoms with E-state index in [0.717, 1.165) is 0 Å². The molecule has 1 amide bonds. The molecule has 2 fully saturated rings. The number of hydrogen-bond acceptors (Lipinski definition) is 5. The second-order valence-corrected chi connectivity index (χ2v) is 7.19. The smallest absolute Gasteiger partial charge is 0.274 e. The summed E-state index contributed by atoms with van der Waals surface area (Å²) in [5.41, 5.74) is -0.154. The van der Waals surface area contributed by atoms with Gasteiger partial charge in [0.25, 0.3) is 11.5 Å². The molecule has 2 N–H and O–H groups in total. The first kappa shape index (κ1) is 17.7. The van der Waals surface area contributed by atoms with E-state index in [1.807, 2.05) is 0 Å². The topological polar surface area (TPSA) is 95.5 Å². The number of hydrogen-bond donors (Lipinski definition) is 2. The van der Waals surface area contributed by atoms with Crippen molar-refractivity contribution in [2.24, 2.45) is 11.8 Å². The van der Waals surface area contributed by atoms with Gasteiger partial charge in [-0.2, -0.15) is 5.10 Å². The highest BCUT2D eigenvalue weighted by atomic mass is 19.1. The summed E-state index contributed by atoms with van der Waals surface area (Å²) in [5.74, 6) is 0.353. The van der Waals surface area contributed by atoms with E-state index in [9.17, 15) is 19.1 Å². The van der Waals surface area contributed by atoms with Gasteiger partial charge in [-0.25, -0.2) is 9.49 Å². The zero-order valence-corrected chi connectivity index (χ0v) is 14.5. The molecule has 2 aliphatic rings. The molecule has 7 nitrogen and oxygen atoms in total. The van der Waals surface area contributed by atoms with E-state index in [4.69, 9.17) is 4.74 Å². The van der Waals surface area contributed by atoms with E-state index in [0.29, 0.717) is 31.7 Å². The van der Waals surface area contributed by atoms with Crippen molar-refractivity contribution in [3.8, 4) is 5.75 Å². The van der Waals surface area contributed by atoms with Crippen molar-refractivity contribution in [1.29, 1.82) is 0 Å². The van der Waals surface area contributed by atoms with E-state index < -0.39 is 12.2 Å². The molecule has 4 rings (SSSR count). The fourth-order valence-electron chi connectivity index (χ4n) is 4.00. The second-order valence-electron chi connectivity index (χ2n) is 7.19. The lowest BCUT2D eigenvalue weighted by Gasteiger charge is -2.35. The van der Waals surface area contributed by atoms with Crippen LogP contribution in [0.15, 0.2) is 41.2 Å². The van der Waals surface area contributed by atoms with Crippen LogP contribution >= 0.6 is 0 Å². The third kappa shape index (κ3) is 3.71. The van der Waals surface area contributed by atoms with E-state index in [1.54, 1.807) is 17.0 Å². The average molecular weight is 373 g/mol. The molecule has 8 heteroatoms. The molecule has 1 saturated carbocycles. The van der Waals surface area contributed by atoms with Crippen molar-refractivity contribution in [2.45, 2.75) is 25.0 Å². The summed E-state index contributed by atoms with van der Waals surface area (Å²) in [6.07, 6.45) is 0.126. The summed E-state index contributed by atoms with van der Waals surface area (Å²) >= 11 is 0. The molecule has 0 spiro atoms. The molecule has 2 heterocycles. The van der Waals surface area contributed by atoms with Crippen LogP contribution in [0.1, 0.15) is 23.3 Å². The molecule has 4 atom stereocenters. The monoisotopic (exact) mass is 373 g/mol. The highest BCUT2D eigenvalue weighted by molar-refractivity contribution is 5.92. The number of halogens is 1. The zero-order valence-electron chi connectivity index (χ0n) is 14.5. The molecule has 2 aromatic rings. The lowest BCUT2D eigenvalue weighted by Crippen LogP contribution is -2.42. The minimum Gasteiger partial charge on any atom is -0.488 e. The first-order valence-electron chi connectivity index (χ1n) is 8.95. The maximum absolute atomic E-state index is 13.0. The van der Waals surface area contributed by atoms with Gasteiger partial charge in [0.1, 0.15) is 23.4 Å². The Hall–Kier alpha value is -2.74. The lowest BCUT2D eigenvalue weighted by molar-refractivity contribution is -0.0231. The highest BCUT2D eigenvalue weighted by Crippen LogP contribution is 2.38. The molecule has 0 unspecified atom stereocenters. The summed E-state index contributed by atoms with van der Waals surface area (Å²) in [6, 6.07) is 8.42. The number of amides is 1. The fourth-order valence-corrected chi connectivity index (χ4v) is 4.00. The predicted molar refractivity (Wildman–Crippen MR) is 93.8 cm³/mol. The maximum atomic E-state index is 13.0. The molecule has 1 aliphatic carbocycles. The van der Waals surface area contributed by atoms with Gasteiger partial charge in [-0.05, 0) is 55.0 Å². The number of carbonyl (C=O) groups excluding carboxylic acids is 1. The SMILES string of the molecule is O=C(c1ccc(=O)[nH]n1)N1C[C@H]2C[C@@H](Oc3ccc(F)cc3)[C@H](O)C[C@H]2C1. The molecule has 1 aromatic carbocycles. The van der Waals surface area contributed by atoms with Crippen molar-refractivity contribution in [3.63, 3.8) is 0 Å². The normalized spacial score (nSPS) is 27.3. The third-order valence-corrected chi connectivity index (χ3v) is 5.37. The molecule has 0 bridgehead atoms. The number of fused-ring (bicyclic) bond motifs is 1. The Morgan fingerprint density at radius 3 is 2.52 bits per heavy atom. The second kappa shape index (κ2) is 7.11. The van der Waals surface area contributed by atoms with Gasteiger partial charge < -0.3 is 14.7 Å². The molecular formula is C19H20FN3O4. The van der Waals surface area contributed by atoms with Gasteiger partial charge >= 0.3 is 0 Å². The van der Waals surface area contributed by atoms with Crippen LogP contribution in [0.2, 0.25) is 0 Å².